The van der Waals surface area contributed by atoms with Gasteiger partial charge in [-0.25, -0.2) is 0 Å². The maximum atomic E-state index is 14.2. The summed E-state index contributed by atoms with van der Waals surface area (Å²) >= 11 is 0. The number of aliphatic hydroxyl groups excluding tert-OH is 1. The Kier molecular flexibility index (Phi) is 5.04. The number of carbonyl (C=O) groups is 2. The van der Waals surface area contributed by atoms with Gasteiger partial charge >= 0.3 is 5.97 Å². The molecule has 0 saturated heterocycles. The fourth-order valence-corrected chi connectivity index (χ4v) is 10.4. The first-order valence-corrected chi connectivity index (χ1v) is 13.7. The van der Waals surface area contributed by atoms with Gasteiger partial charge in [-0.3, -0.25) is 9.59 Å². The van der Waals surface area contributed by atoms with Gasteiger partial charge in [-0.15, -0.1) is 0 Å². The summed E-state index contributed by atoms with van der Waals surface area (Å²) in [4.78, 5) is 26.4. The predicted octanol–water partition coefficient (Wildman–Crippen LogP) is 6.41. The van der Waals surface area contributed by atoms with Crippen molar-refractivity contribution in [3.8, 4) is 0 Å². The standard InChI is InChI=1S/C30H46O4/c1-25(2)21-8-11-30(7)23(28(21,5)10-9-22(25)32)20(31)16-18-19-17-27(4,24(33)34)13-12-26(19,3)14-15-29(18,30)6/h16,19,21-23,32H,8-15,17H2,1-7H3,(H,33,34)/t19-,21+,22-,23-,26-,27+,28+,29-,30-/m1/s1. The first-order chi connectivity index (χ1) is 15.6. The lowest BCUT2D eigenvalue weighted by molar-refractivity contribution is -0.202. The highest BCUT2D eigenvalue weighted by molar-refractivity contribution is 5.95. The van der Waals surface area contributed by atoms with Gasteiger partial charge in [-0.05, 0) is 110 Å². The lowest BCUT2D eigenvalue weighted by Gasteiger charge is -2.70. The average Bonchev–Trinajstić information content (AvgIpc) is 2.73. The highest BCUT2D eigenvalue weighted by Crippen LogP contribution is 2.75. The Morgan fingerprint density at radius 2 is 1.56 bits per heavy atom. The van der Waals surface area contributed by atoms with E-state index in [0.29, 0.717) is 12.3 Å². The van der Waals surface area contributed by atoms with Gasteiger partial charge in [0.1, 0.15) is 0 Å². The van der Waals surface area contributed by atoms with E-state index in [-0.39, 0.29) is 50.8 Å². The van der Waals surface area contributed by atoms with Crippen LogP contribution in [0.4, 0.5) is 0 Å². The topological polar surface area (TPSA) is 74.6 Å². The first kappa shape index (κ1) is 24.5. The van der Waals surface area contributed by atoms with Crippen molar-refractivity contribution < 1.29 is 19.8 Å². The first-order valence-electron chi connectivity index (χ1n) is 13.7. The highest BCUT2D eigenvalue weighted by atomic mass is 16.4. The third kappa shape index (κ3) is 2.81. The minimum Gasteiger partial charge on any atom is -0.481 e. The van der Waals surface area contributed by atoms with Gasteiger partial charge in [-0.1, -0.05) is 47.1 Å². The molecule has 0 aromatic carbocycles. The van der Waals surface area contributed by atoms with E-state index >= 15 is 0 Å². The summed E-state index contributed by atoms with van der Waals surface area (Å²) < 4.78 is 0. The molecule has 0 aliphatic heterocycles. The van der Waals surface area contributed by atoms with Gasteiger partial charge in [-0.2, -0.15) is 0 Å². The molecule has 34 heavy (non-hydrogen) atoms. The number of aliphatic hydroxyl groups is 1. The van der Waals surface area contributed by atoms with Crippen LogP contribution in [0, 0.1) is 50.2 Å². The predicted molar refractivity (Wildman–Crippen MR) is 133 cm³/mol. The number of carboxylic acids is 1. The summed E-state index contributed by atoms with van der Waals surface area (Å²) in [5.41, 5.74) is 0.142. The molecular formula is C30H46O4. The molecule has 190 valence electrons. The van der Waals surface area contributed by atoms with E-state index in [1.165, 1.54) is 5.57 Å². The second-order valence-electron chi connectivity index (χ2n) is 14.9. The molecule has 0 aromatic rings. The SMILES string of the molecule is CC1(C)[C@H](O)CC[C@]2(C)[C@H]3C(=O)C=C4[C@H]5C[C@@](C)(C(=O)O)CC[C@]5(C)CC[C@@]4(C)[C@]3(C)CC[C@@H]12. The normalized spacial score (nSPS) is 54.1. The van der Waals surface area contributed by atoms with Gasteiger partial charge in [0.25, 0.3) is 0 Å². The molecule has 9 atom stereocenters. The van der Waals surface area contributed by atoms with Crippen LogP contribution >= 0.6 is 0 Å². The van der Waals surface area contributed by atoms with Gasteiger partial charge in [0.2, 0.25) is 0 Å². The van der Waals surface area contributed by atoms with Crippen LogP contribution in [0.25, 0.3) is 0 Å². The van der Waals surface area contributed by atoms with Crippen molar-refractivity contribution in [2.24, 2.45) is 50.2 Å². The molecule has 2 N–H and O–H groups in total. The average molecular weight is 471 g/mol. The zero-order valence-electron chi connectivity index (χ0n) is 22.5. The third-order valence-electron chi connectivity index (χ3n) is 13.1. The van der Waals surface area contributed by atoms with Crippen LogP contribution in [0.3, 0.4) is 0 Å². The van der Waals surface area contributed by atoms with Crippen LogP contribution in [0.15, 0.2) is 11.6 Å². The van der Waals surface area contributed by atoms with E-state index < -0.39 is 11.4 Å². The molecule has 5 aliphatic rings. The number of aliphatic carboxylic acids is 1. The molecule has 0 unspecified atom stereocenters. The van der Waals surface area contributed by atoms with Crippen molar-refractivity contribution in [1.29, 1.82) is 0 Å². The van der Waals surface area contributed by atoms with Gasteiger partial charge in [0, 0.05) is 5.92 Å². The monoisotopic (exact) mass is 470 g/mol. The number of carboxylic acid groups (broad SMARTS) is 1. The number of hydrogen-bond acceptors (Lipinski definition) is 3. The summed E-state index contributed by atoms with van der Waals surface area (Å²) in [6.07, 6.45) is 9.95. The molecule has 0 spiro atoms. The Labute approximate surface area is 206 Å². The van der Waals surface area contributed by atoms with E-state index in [1.807, 2.05) is 13.0 Å². The molecular weight excluding hydrogens is 424 g/mol. The van der Waals surface area contributed by atoms with Crippen LogP contribution in [0.2, 0.25) is 0 Å². The summed E-state index contributed by atoms with van der Waals surface area (Å²) in [5.74, 6) is 0.0603. The molecule has 0 aromatic heterocycles. The summed E-state index contributed by atoms with van der Waals surface area (Å²) in [5, 5.41) is 20.9. The Bertz CT molecular complexity index is 965. The van der Waals surface area contributed by atoms with Crippen LogP contribution in [-0.2, 0) is 9.59 Å². The lowest BCUT2D eigenvalue weighted by atomic mass is 9.33. The Morgan fingerprint density at radius 1 is 0.912 bits per heavy atom. The number of fused-ring (bicyclic) bond motifs is 7. The van der Waals surface area contributed by atoms with Gasteiger partial charge in [0.15, 0.2) is 5.78 Å². The van der Waals surface area contributed by atoms with Crippen molar-refractivity contribution in [1.82, 2.24) is 0 Å². The molecule has 4 saturated carbocycles. The van der Waals surface area contributed by atoms with E-state index in [2.05, 4.69) is 41.5 Å². The summed E-state index contributed by atoms with van der Waals surface area (Å²) in [6, 6.07) is 0. The van der Waals surface area contributed by atoms with Gasteiger partial charge in [0.05, 0.1) is 11.5 Å². The fraction of sp³-hybridized carbons (Fsp3) is 0.867. The number of rotatable bonds is 1. The van der Waals surface area contributed by atoms with Crippen molar-refractivity contribution in [3.05, 3.63) is 11.6 Å². The van der Waals surface area contributed by atoms with E-state index in [1.54, 1.807) is 0 Å². The molecule has 5 aliphatic carbocycles. The maximum absolute atomic E-state index is 14.2. The van der Waals surface area contributed by atoms with Crippen molar-refractivity contribution in [2.45, 2.75) is 112 Å². The second-order valence-corrected chi connectivity index (χ2v) is 14.9. The van der Waals surface area contributed by atoms with E-state index in [0.717, 1.165) is 51.4 Å². The minimum atomic E-state index is -0.711. The zero-order chi connectivity index (χ0) is 25.1. The van der Waals surface area contributed by atoms with Crippen LogP contribution in [-0.4, -0.2) is 28.1 Å². The largest absolute Gasteiger partial charge is 0.481 e. The van der Waals surface area contributed by atoms with E-state index in [4.69, 9.17) is 0 Å². The molecule has 4 nitrogen and oxygen atoms in total. The Hall–Kier alpha value is -1.16. The zero-order valence-corrected chi connectivity index (χ0v) is 22.5. The number of hydrogen-bond donors (Lipinski definition) is 2. The Balaban J connectivity index is 1.62. The van der Waals surface area contributed by atoms with Crippen LogP contribution in [0.5, 0.6) is 0 Å². The molecule has 0 amide bonds. The van der Waals surface area contributed by atoms with Crippen LogP contribution < -0.4 is 0 Å². The number of allylic oxidation sites excluding steroid dienone is 2. The molecule has 0 radical (unpaired) electrons. The van der Waals surface area contributed by atoms with Crippen molar-refractivity contribution in [2.75, 3.05) is 0 Å². The summed E-state index contributed by atoms with van der Waals surface area (Å²) in [7, 11) is 0. The molecule has 4 fully saturated rings. The quantitative estimate of drug-likeness (QED) is 0.464. The van der Waals surface area contributed by atoms with Crippen LogP contribution in [0.1, 0.15) is 106 Å². The van der Waals surface area contributed by atoms with Crippen molar-refractivity contribution >= 4 is 11.8 Å². The Morgan fingerprint density at radius 3 is 2.21 bits per heavy atom. The lowest BCUT2D eigenvalue weighted by Crippen LogP contribution is -2.66. The number of carbonyl (C=O) groups excluding carboxylic acids is 1. The minimum absolute atomic E-state index is 0.0296. The number of ketones is 1. The van der Waals surface area contributed by atoms with Crippen molar-refractivity contribution in [3.63, 3.8) is 0 Å². The third-order valence-corrected chi connectivity index (χ3v) is 13.1. The molecule has 0 bridgehead atoms. The van der Waals surface area contributed by atoms with Gasteiger partial charge < -0.3 is 10.2 Å². The highest BCUT2D eigenvalue weighted by Gasteiger charge is 2.70. The molecule has 4 heteroatoms. The molecule has 0 heterocycles. The fourth-order valence-electron chi connectivity index (χ4n) is 10.4. The maximum Gasteiger partial charge on any atom is 0.309 e. The molecule has 5 rings (SSSR count). The van der Waals surface area contributed by atoms with E-state index in [9.17, 15) is 19.8 Å². The smallest absolute Gasteiger partial charge is 0.309 e. The second kappa shape index (κ2) is 6.99. The summed E-state index contributed by atoms with van der Waals surface area (Å²) in [6.45, 7) is 15.8.